The van der Waals surface area contributed by atoms with E-state index in [1.807, 2.05) is 24.3 Å². The molecule has 2 rings (SSSR count). The van der Waals surface area contributed by atoms with Crippen molar-refractivity contribution in [2.45, 2.75) is 13.3 Å². The van der Waals surface area contributed by atoms with Crippen LogP contribution in [-0.2, 0) is 6.42 Å². The molecule has 0 radical (unpaired) electrons. The number of aryl methyl sites for hydroxylation is 1. The summed E-state index contributed by atoms with van der Waals surface area (Å²) in [6.07, 6.45) is 0.933. The van der Waals surface area contributed by atoms with E-state index in [4.69, 9.17) is 5.73 Å². The highest BCUT2D eigenvalue weighted by Gasteiger charge is 2.08. The van der Waals surface area contributed by atoms with Gasteiger partial charge in [-0.1, -0.05) is 25.1 Å². The van der Waals surface area contributed by atoms with Crippen LogP contribution in [-0.4, -0.2) is 5.78 Å². The van der Waals surface area contributed by atoms with E-state index in [-0.39, 0.29) is 5.78 Å². The maximum atomic E-state index is 12.2. The van der Waals surface area contributed by atoms with Crippen molar-refractivity contribution in [1.29, 1.82) is 0 Å². The first-order chi connectivity index (χ1) is 8.20. The van der Waals surface area contributed by atoms with Gasteiger partial charge in [0.05, 0.1) is 0 Å². The maximum Gasteiger partial charge on any atom is 0.193 e. The van der Waals surface area contributed by atoms with E-state index in [9.17, 15) is 4.79 Å². The zero-order chi connectivity index (χ0) is 12.3. The molecular weight excluding hydrogens is 210 g/mol. The minimum Gasteiger partial charge on any atom is -0.399 e. The largest absolute Gasteiger partial charge is 0.399 e. The summed E-state index contributed by atoms with van der Waals surface area (Å²) in [6.45, 7) is 2.08. The van der Waals surface area contributed by atoms with Crippen LogP contribution in [0.15, 0.2) is 48.5 Å². The van der Waals surface area contributed by atoms with Crippen LogP contribution in [0, 0.1) is 0 Å². The number of carbonyl (C=O) groups excluding carboxylic acids is 1. The number of benzene rings is 2. The van der Waals surface area contributed by atoms with Crippen molar-refractivity contribution in [2.24, 2.45) is 0 Å². The quantitative estimate of drug-likeness (QED) is 0.644. The number of nitrogen functional groups attached to an aromatic ring is 1. The van der Waals surface area contributed by atoms with Gasteiger partial charge in [0.25, 0.3) is 0 Å². The highest BCUT2D eigenvalue weighted by molar-refractivity contribution is 6.09. The van der Waals surface area contributed by atoms with Crippen molar-refractivity contribution in [2.75, 3.05) is 5.73 Å². The summed E-state index contributed by atoms with van der Waals surface area (Å²) >= 11 is 0. The van der Waals surface area contributed by atoms with Gasteiger partial charge in [0.1, 0.15) is 0 Å². The average Bonchev–Trinajstić information content (AvgIpc) is 2.39. The number of hydrogen-bond acceptors (Lipinski definition) is 2. The van der Waals surface area contributed by atoms with E-state index in [0.29, 0.717) is 11.3 Å². The van der Waals surface area contributed by atoms with Crippen molar-refractivity contribution in [3.63, 3.8) is 0 Å². The van der Waals surface area contributed by atoms with Gasteiger partial charge in [0, 0.05) is 16.8 Å². The number of nitrogens with two attached hydrogens (primary N) is 1. The third-order valence-corrected chi connectivity index (χ3v) is 2.77. The Kier molecular flexibility index (Phi) is 3.24. The van der Waals surface area contributed by atoms with E-state index in [0.717, 1.165) is 12.0 Å². The fourth-order valence-electron chi connectivity index (χ4n) is 1.73. The van der Waals surface area contributed by atoms with Crippen molar-refractivity contribution < 1.29 is 4.79 Å². The van der Waals surface area contributed by atoms with E-state index in [1.165, 1.54) is 5.56 Å². The van der Waals surface area contributed by atoms with Crippen molar-refractivity contribution >= 4 is 11.5 Å². The second-order valence-corrected chi connectivity index (χ2v) is 4.01. The zero-order valence-corrected chi connectivity index (χ0v) is 9.81. The number of rotatable bonds is 3. The highest BCUT2D eigenvalue weighted by atomic mass is 16.1. The predicted molar refractivity (Wildman–Crippen MR) is 70.1 cm³/mol. The third-order valence-electron chi connectivity index (χ3n) is 2.77. The van der Waals surface area contributed by atoms with E-state index in [2.05, 4.69) is 6.92 Å². The van der Waals surface area contributed by atoms with Crippen LogP contribution >= 0.6 is 0 Å². The lowest BCUT2D eigenvalue weighted by Crippen LogP contribution is -2.02. The Hall–Kier alpha value is -2.09. The Bertz CT molecular complexity index is 529. The summed E-state index contributed by atoms with van der Waals surface area (Å²) in [6, 6.07) is 14.8. The summed E-state index contributed by atoms with van der Waals surface area (Å²) in [5.41, 5.74) is 8.85. The monoisotopic (exact) mass is 225 g/mol. The molecule has 0 spiro atoms. The van der Waals surface area contributed by atoms with Gasteiger partial charge in [-0.25, -0.2) is 0 Å². The molecule has 0 saturated carbocycles. The first-order valence-electron chi connectivity index (χ1n) is 5.70. The molecular formula is C15H15NO. The Morgan fingerprint density at radius 3 is 2.41 bits per heavy atom. The minimum absolute atomic E-state index is 0.0419. The maximum absolute atomic E-state index is 12.2. The molecule has 0 heterocycles. The van der Waals surface area contributed by atoms with Gasteiger partial charge in [0.2, 0.25) is 0 Å². The number of ketones is 1. The molecule has 0 saturated heterocycles. The van der Waals surface area contributed by atoms with Gasteiger partial charge in [0.15, 0.2) is 5.78 Å². The molecule has 86 valence electrons. The van der Waals surface area contributed by atoms with Gasteiger partial charge in [-0.3, -0.25) is 4.79 Å². The van der Waals surface area contributed by atoms with E-state index < -0.39 is 0 Å². The SMILES string of the molecule is CCc1cccc(C(=O)c2ccc(N)cc2)c1. The van der Waals surface area contributed by atoms with Crippen LogP contribution in [0.2, 0.25) is 0 Å². The lowest BCUT2D eigenvalue weighted by molar-refractivity contribution is 0.103. The topological polar surface area (TPSA) is 43.1 Å². The lowest BCUT2D eigenvalue weighted by atomic mass is 10.0. The molecule has 0 aliphatic rings. The Labute approximate surface area is 101 Å². The lowest BCUT2D eigenvalue weighted by Gasteiger charge is -2.03. The zero-order valence-electron chi connectivity index (χ0n) is 9.81. The fraction of sp³-hybridized carbons (Fsp3) is 0.133. The predicted octanol–water partition coefficient (Wildman–Crippen LogP) is 3.06. The van der Waals surface area contributed by atoms with Crippen molar-refractivity contribution in [3.05, 3.63) is 65.2 Å². The number of carbonyl (C=O) groups is 1. The molecule has 0 amide bonds. The molecule has 2 nitrogen and oxygen atoms in total. The smallest absolute Gasteiger partial charge is 0.193 e. The first kappa shape index (κ1) is 11.4. The molecule has 0 aliphatic heterocycles. The summed E-state index contributed by atoms with van der Waals surface area (Å²) in [5, 5.41) is 0. The number of anilines is 1. The highest BCUT2D eigenvalue weighted by Crippen LogP contribution is 2.13. The summed E-state index contributed by atoms with van der Waals surface area (Å²) in [5.74, 6) is 0.0419. The third kappa shape index (κ3) is 2.53. The summed E-state index contributed by atoms with van der Waals surface area (Å²) in [7, 11) is 0. The standard InChI is InChI=1S/C15H15NO/c1-2-11-4-3-5-13(10-11)15(17)12-6-8-14(16)9-7-12/h3-10H,2,16H2,1H3. The van der Waals surface area contributed by atoms with Crippen LogP contribution in [0.4, 0.5) is 5.69 Å². The Morgan fingerprint density at radius 1 is 1.06 bits per heavy atom. The molecule has 2 aromatic carbocycles. The molecule has 2 heteroatoms. The minimum atomic E-state index is 0.0419. The van der Waals surface area contributed by atoms with Gasteiger partial charge in [-0.15, -0.1) is 0 Å². The molecule has 0 fully saturated rings. The second kappa shape index (κ2) is 4.83. The van der Waals surface area contributed by atoms with Crippen molar-refractivity contribution in [1.82, 2.24) is 0 Å². The van der Waals surface area contributed by atoms with Gasteiger partial charge in [-0.2, -0.15) is 0 Å². The fourth-order valence-corrected chi connectivity index (χ4v) is 1.73. The molecule has 0 atom stereocenters. The van der Waals surface area contributed by atoms with Crippen LogP contribution in [0.1, 0.15) is 28.4 Å². The second-order valence-electron chi connectivity index (χ2n) is 4.01. The summed E-state index contributed by atoms with van der Waals surface area (Å²) < 4.78 is 0. The van der Waals surface area contributed by atoms with E-state index >= 15 is 0 Å². The van der Waals surface area contributed by atoms with E-state index in [1.54, 1.807) is 24.3 Å². The molecule has 2 N–H and O–H groups in total. The Morgan fingerprint density at radius 2 is 1.76 bits per heavy atom. The van der Waals surface area contributed by atoms with Crippen LogP contribution in [0.5, 0.6) is 0 Å². The number of hydrogen-bond donors (Lipinski definition) is 1. The molecule has 0 unspecified atom stereocenters. The molecule has 2 aromatic rings. The Balaban J connectivity index is 2.33. The van der Waals surface area contributed by atoms with Crippen molar-refractivity contribution in [3.8, 4) is 0 Å². The molecule has 0 aliphatic carbocycles. The molecule has 0 bridgehead atoms. The summed E-state index contributed by atoms with van der Waals surface area (Å²) in [4.78, 5) is 12.2. The average molecular weight is 225 g/mol. The molecule has 0 aromatic heterocycles. The van der Waals surface area contributed by atoms with Crippen LogP contribution in [0.25, 0.3) is 0 Å². The normalized spacial score (nSPS) is 10.2. The van der Waals surface area contributed by atoms with Gasteiger partial charge >= 0.3 is 0 Å². The van der Waals surface area contributed by atoms with Crippen LogP contribution in [0.3, 0.4) is 0 Å². The first-order valence-corrected chi connectivity index (χ1v) is 5.70. The van der Waals surface area contributed by atoms with Gasteiger partial charge in [-0.05, 0) is 42.3 Å². The van der Waals surface area contributed by atoms with Crippen LogP contribution < -0.4 is 5.73 Å². The van der Waals surface area contributed by atoms with Gasteiger partial charge < -0.3 is 5.73 Å². The molecule has 17 heavy (non-hydrogen) atoms.